The number of hydrogen-bond donors (Lipinski definition) is 0. The van der Waals surface area contributed by atoms with Crippen molar-refractivity contribution < 1.29 is 9.53 Å². The van der Waals surface area contributed by atoms with Crippen molar-refractivity contribution in [1.29, 1.82) is 0 Å². The van der Waals surface area contributed by atoms with Crippen molar-refractivity contribution in [2.24, 2.45) is 0 Å². The number of fused-ring (bicyclic) bond motifs is 1. The molecule has 0 fully saturated rings. The second-order valence-corrected chi connectivity index (χ2v) is 5.68. The second-order valence-electron chi connectivity index (χ2n) is 3.03. The van der Waals surface area contributed by atoms with Crippen LogP contribution in [0.4, 0.5) is 0 Å². The Labute approximate surface area is 98.2 Å². The van der Waals surface area contributed by atoms with Gasteiger partial charge in [0.1, 0.15) is 3.39 Å². The van der Waals surface area contributed by atoms with Crippen molar-refractivity contribution in [1.82, 2.24) is 0 Å². The summed E-state index contributed by atoms with van der Waals surface area (Å²) in [5.74, 6) is 0.250. The molecule has 1 aromatic rings. The lowest BCUT2D eigenvalue weighted by molar-refractivity contribution is 0.0716. The number of carbonyl (C=O) groups excluding carboxylic acids is 1. The van der Waals surface area contributed by atoms with Gasteiger partial charge in [-0.3, -0.25) is 0 Å². The first-order valence-electron chi connectivity index (χ1n) is 3.98. The molecular weight excluding hydrogens is 312 g/mol. The van der Waals surface area contributed by atoms with Crippen LogP contribution in [-0.2, 0) is 4.74 Å². The number of ether oxygens (including phenoxy) is 1. The fraction of sp³-hybridized carbons (Fsp3) is 0.100. The van der Waals surface area contributed by atoms with Crippen LogP contribution in [0.25, 0.3) is 5.76 Å². The molecule has 1 aliphatic rings. The summed E-state index contributed by atoms with van der Waals surface area (Å²) in [7, 11) is 0. The highest BCUT2D eigenvalue weighted by molar-refractivity contribution is 9.28. The molecule has 1 aromatic carbocycles. The minimum absolute atomic E-state index is 0.300. The molecule has 0 bridgehead atoms. The Balaban J connectivity index is 2.69. The standard InChI is InChI=1S/C10H6Br2O2/c1-5-2-3-6-7(4-5)8(9(11)12)14-10(6)13/h2-4H,1H3. The lowest BCUT2D eigenvalue weighted by Crippen LogP contribution is -1.92. The first kappa shape index (κ1) is 9.93. The van der Waals surface area contributed by atoms with Crippen molar-refractivity contribution in [3.05, 3.63) is 38.3 Å². The Hall–Kier alpha value is -0.610. The van der Waals surface area contributed by atoms with Gasteiger partial charge < -0.3 is 4.74 Å². The molecule has 0 saturated heterocycles. The molecule has 2 nitrogen and oxygen atoms in total. The van der Waals surface area contributed by atoms with Gasteiger partial charge >= 0.3 is 5.97 Å². The minimum Gasteiger partial charge on any atom is -0.420 e. The fourth-order valence-corrected chi connectivity index (χ4v) is 1.96. The molecule has 14 heavy (non-hydrogen) atoms. The normalized spacial score (nSPS) is 13.9. The molecule has 0 radical (unpaired) electrons. The Bertz CT molecular complexity index is 445. The summed E-state index contributed by atoms with van der Waals surface area (Å²) in [4.78, 5) is 11.4. The average molecular weight is 318 g/mol. The Morgan fingerprint density at radius 1 is 1.29 bits per heavy atom. The van der Waals surface area contributed by atoms with Crippen molar-refractivity contribution in [3.63, 3.8) is 0 Å². The third kappa shape index (κ3) is 1.53. The topological polar surface area (TPSA) is 26.3 Å². The monoisotopic (exact) mass is 316 g/mol. The van der Waals surface area contributed by atoms with Gasteiger partial charge in [-0.25, -0.2) is 4.79 Å². The van der Waals surface area contributed by atoms with E-state index in [4.69, 9.17) is 4.74 Å². The van der Waals surface area contributed by atoms with E-state index >= 15 is 0 Å². The molecule has 0 aliphatic carbocycles. The predicted octanol–water partition coefficient (Wildman–Crippen LogP) is 3.58. The van der Waals surface area contributed by atoms with Gasteiger partial charge in [0.15, 0.2) is 5.76 Å². The van der Waals surface area contributed by atoms with Crippen LogP contribution >= 0.6 is 31.9 Å². The molecule has 0 aromatic heterocycles. The number of hydrogen-bond acceptors (Lipinski definition) is 2. The fourth-order valence-electron chi connectivity index (χ4n) is 1.37. The average Bonchev–Trinajstić information content (AvgIpc) is 2.43. The van der Waals surface area contributed by atoms with Crippen LogP contribution in [0.5, 0.6) is 0 Å². The summed E-state index contributed by atoms with van der Waals surface area (Å²) in [5.41, 5.74) is 2.54. The molecule has 0 amide bonds. The molecule has 2 rings (SSSR count). The lowest BCUT2D eigenvalue weighted by Gasteiger charge is -1.98. The molecule has 0 atom stereocenters. The number of benzene rings is 1. The maximum atomic E-state index is 11.4. The van der Waals surface area contributed by atoms with Crippen LogP contribution in [0.1, 0.15) is 21.5 Å². The summed E-state index contributed by atoms with van der Waals surface area (Å²) in [6.45, 7) is 1.98. The highest BCUT2D eigenvalue weighted by Gasteiger charge is 2.27. The van der Waals surface area contributed by atoms with Gasteiger partial charge in [0.2, 0.25) is 0 Å². The zero-order valence-corrected chi connectivity index (χ0v) is 10.5. The highest BCUT2D eigenvalue weighted by Crippen LogP contribution is 2.36. The summed E-state index contributed by atoms with van der Waals surface area (Å²) >= 11 is 6.48. The molecule has 0 N–H and O–H groups in total. The SMILES string of the molecule is Cc1ccc2c(c1)C(=C(Br)Br)OC2=O. The number of carbonyl (C=O) groups is 1. The van der Waals surface area contributed by atoms with Gasteiger partial charge in [0.25, 0.3) is 0 Å². The van der Waals surface area contributed by atoms with Crippen molar-refractivity contribution in [2.45, 2.75) is 6.92 Å². The number of esters is 1. The summed E-state index contributed by atoms with van der Waals surface area (Å²) in [6.07, 6.45) is 0. The molecule has 0 spiro atoms. The Morgan fingerprint density at radius 2 is 2.00 bits per heavy atom. The van der Waals surface area contributed by atoms with Crippen LogP contribution in [0.15, 0.2) is 21.6 Å². The van der Waals surface area contributed by atoms with E-state index in [1.54, 1.807) is 6.07 Å². The van der Waals surface area contributed by atoms with Gasteiger partial charge in [-0.2, -0.15) is 0 Å². The van der Waals surface area contributed by atoms with Gasteiger partial charge in [-0.1, -0.05) is 11.6 Å². The first-order chi connectivity index (χ1) is 6.59. The number of cyclic esters (lactones) is 1. The zero-order valence-electron chi connectivity index (χ0n) is 7.30. The van der Waals surface area contributed by atoms with Gasteiger partial charge in [0.05, 0.1) is 5.56 Å². The quantitative estimate of drug-likeness (QED) is 0.684. The number of aryl methyl sites for hydroxylation is 1. The smallest absolute Gasteiger partial charge is 0.344 e. The van der Waals surface area contributed by atoms with E-state index in [1.165, 1.54) is 0 Å². The van der Waals surface area contributed by atoms with E-state index < -0.39 is 0 Å². The molecule has 1 aliphatic heterocycles. The maximum Gasteiger partial charge on any atom is 0.344 e. The highest BCUT2D eigenvalue weighted by atomic mass is 79.9. The van der Waals surface area contributed by atoms with E-state index in [2.05, 4.69) is 31.9 Å². The zero-order chi connectivity index (χ0) is 10.3. The van der Waals surface area contributed by atoms with E-state index in [1.807, 2.05) is 19.1 Å². The molecular formula is C10H6Br2O2. The third-order valence-electron chi connectivity index (χ3n) is 2.01. The summed E-state index contributed by atoms with van der Waals surface area (Å²) in [5, 5.41) is 0. The van der Waals surface area contributed by atoms with Crippen molar-refractivity contribution in [2.75, 3.05) is 0 Å². The van der Waals surface area contributed by atoms with Gasteiger partial charge in [-0.15, -0.1) is 0 Å². The van der Waals surface area contributed by atoms with Gasteiger partial charge in [-0.05, 0) is 50.9 Å². The number of halogens is 2. The van der Waals surface area contributed by atoms with Crippen molar-refractivity contribution in [3.8, 4) is 0 Å². The van der Waals surface area contributed by atoms with Crippen LogP contribution < -0.4 is 0 Å². The molecule has 0 unspecified atom stereocenters. The van der Waals surface area contributed by atoms with Crippen LogP contribution in [0.2, 0.25) is 0 Å². The third-order valence-corrected chi connectivity index (χ3v) is 2.73. The van der Waals surface area contributed by atoms with E-state index in [0.29, 0.717) is 14.7 Å². The summed E-state index contributed by atoms with van der Waals surface area (Å²) in [6, 6.07) is 5.60. The Kier molecular flexibility index (Phi) is 2.49. The number of rotatable bonds is 0. The van der Waals surface area contributed by atoms with Gasteiger partial charge in [0, 0.05) is 5.56 Å². The van der Waals surface area contributed by atoms with Crippen LogP contribution in [0, 0.1) is 6.92 Å². The molecule has 72 valence electrons. The second kappa shape index (κ2) is 3.51. The van der Waals surface area contributed by atoms with E-state index in [0.717, 1.165) is 11.1 Å². The van der Waals surface area contributed by atoms with E-state index in [9.17, 15) is 4.79 Å². The largest absolute Gasteiger partial charge is 0.420 e. The van der Waals surface area contributed by atoms with Crippen LogP contribution in [-0.4, -0.2) is 5.97 Å². The predicted molar refractivity (Wildman–Crippen MR) is 61.4 cm³/mol. The minimum atomic E-state index is -0.300. The maximum absolute atomic E-state index is 11.4. The molecule has 0 saturated carbocycles. The Morgan fingerprint density at radius 3 is 2.64 bits per heavy atom. The molecule has 4 heteroatoms. The summed E-state index contributed by atoms with van der Waals surface area (Å²) < 4.78 is 5.75. The van der Waals surface area contributed by atoms with Crippen LogP contribution in [0.3, 0.4) is 0 Å². The van der Waals surface area contributed by atoms with Crippen molar-refractivity contribution >= 4 is 43.6 Å². The molecule has 1 heterocycles. The van der Waals surface area contributed by atoms with E-state index in [-0.39, 0.29) is 5.97 Å². The lowest BCUT2D eigenvalue weighted by atomic mass is 10.1. The first-order valence-corrected chi connectivity index (χ1v) is 5.56.